The second-order valence-electron chi connectivity index (χ2n) is 6.65. The minimum atomic E-state index is -0.382. The van der Waals surface area contributed by atoms with E-state index in [0.29, 0.717) is 6.61 Å². The zero-order valence-electron chi connectivity index (χ0n) is 15.2. The van der Waals surface area contributed by atoms with Gasteiger partial charge < -0.3 is 14.5 Å². The van der Waals surface area contributed by atoms with Crippen LogP contribution in [-0.4, -0.2) is 30.2 Å². The summed E-state index contributed by atoms with van der Waals surface area (Å²) < 4.78 is 5.50. The van der Waals surface area contributed by atoms with Crippen molar-refractivity contribution in [1.29, 1.82) is 0 Å². The number of benzene rings is 2. The molecule has 140 valence electrons. The van der Waals surface area contributed by atoms with Crippen LogP contribution in [0.2, 0.25) is 0 Å². The van der Waals surface area contributed by atoms with Crippen molar-refractivity contribution in [2.45, 2.75) is 13.0 Å². The molecule has 4 rings (SSSR count). The normalized spacial score (nSPS) is 21.6. The van der Waals surface area contributed by atoms with E-state index in [1.165, 1.54) is 0 Å². The van der Waals surface area contributed by atoms with E-state index in [9.17, 15) is 10.1 Å². The largest absolute Gasteiger partial charge is 0.494 e. The molecule has 2 aromatic carbocycles. The van der Waals surface area contributed by atoms with Crippen molar-refractivity contribution in [1.82, 2.24) is 5.06 Å². The van der Waals surface area contributed by atoms with Crippen molar-refractivity contribution in [3.63, 3.8) is 0 Å². The van der Waals surface area contributed by atoms with Gasteiger partial charge in [0, 0.05) is 37.6 Å². The summed E-state index contributed by atoms with van der Waals surface area (Å²) >= 11 is 0. The van der Waals surface area contributed by atoms with Crippen LogP contribution >= 0.6 is 0 Å². The van der Waals surface area contributed by atoms with Gasteiger partial charge in [-0.3, -0.25) is 10.1 Å². The number of nitro benzene ring substituents is 1. The smallest absolute Gasteiger partial charge is 0.269 e. The van der Waals surface area contributed by atoms with Crippen LogP contribution in [0.15, 0.2) is 60.5 Å². The highest BCUT2D eigenvalue weighted by atomic mass is 16.7. The molecule has 0 N–H and O–H groups in total. The molecule has 7 nitrogen and oxygen atoms in total. The van der Waals surface area contributed by atoms with Crippen LogP contribution in [0.5, 0.6) is 5.75 Å². The molecule has 0 aliphatic carbocycles. The molecule has 2 aromatic rings. The summed E-state index contributed by atoms with van der Waals surface area (Å²) in [7, 11) is 1.90. The average Bonchev–Trinajstić information content (AvgIpc) is 3.19. The number of non-ortho nitro benzene ring substituents is 1. The summed E-state index contributed by atoms with van der Waals surface area (Å²) in [6, 6.07) is 14.7. The topological polar surface area (TPSA) is 68.1 Å². The molecule has 0 bridgehead atoms. The maximum Gasteiger partial charge on any atom is 0.269 e. The second kappa shape index (κ2) is 6.92. The SMILES string of the molecule is CCOc1ccc(N2C=C3ON(C)C(c4ccc([N+](=O)[O-])cc4)C3C2)cc1. The van der Waals surface area contributed by atoms with E-state index in [-0.39, 0.29) is 22.6 Å². The van der Waals surface area contributed by atoms with Gasteiger partial charge in [0.1, 0.15) is 11.5 Å². The highest BCUT2D eigenvalue weighted by Crippen LogP contribution is 2.45. The van der Waals surface area contributed by atoms with Crippen LogP contribution in [-0.2, 0) is 4.84 Å². The fraction of sp³-hybridized carbons (Fsp3) is 0.300. The molecule has 0 aromatic heterocycles. The number of nitro groups is 1. The minimum absolute atomic E-state index is 0.0183. The Labute approximate surface area is 157 Å². The fourth-order valence-electron chi connectivity index (χ4n) is 3.74. The first-order valence-corrected chi connectivity index (χ1v) is 8.93. The summed E-state index contributed by atoms with van der Waals surface area (Å²) in [6.07, 6.45) is 2.03. The predicted octanol–water partition coefficient (Wildman–Crippen LogP) is 3.89. The van der Waals surface area contributed by atoms with Crippen molar-refractivity contribution in [2.75, 3.05) is 25.1 Å². The van der Waals surface area contributed by atoms with Crippen molar-refractivity contribution >= 4 is 11.4 Å². The zero-order valence-corrected chi connectivity index (χ0v) is 15.2. The molecule has 2 unspecified atom stereocenters. The number of nitrogens with zero attached hydrogens (tertiary/aromatic N) is 3. The van der Waals surface area contributed by atoms with Gasteiger partial charge in [-0.15, -0.1) is 5.06 Å². The van der Waals surface area contributed by atoms with Crippen LogP contribution in [0.3, 0.4) is 0 Å². The van der Waals surface area contributed by atoms with Gasteiger partial charge in [0.05, 0.1) is 23.5 Å². The first-order valence-electron chi connectivity index (χ1n) is 8.93. The molecule has 2 atom stereocenters. The maximum atomic E-state index is 10.9. The fourth-order valence-corrected chi connectivity index (χ4v) is 3.74. The van der Waals surface area contributed by atoms with Crippen LogP contribution < -0.4 is 9.64 Å². The number of hydrogen-bond acceptors (Lipinski definition) is 6. The quantitative estimate of drug-likeness (QED) is 0.590. The van der Waals surface area contributed by atoms with Crippen molar-refractivity contribution < 1.29 is 14.5 Å². The number of hydroxylamine groups is 2. The lowest BCUT2D eigenvalue weighted by Gasteiger charge is -2.24. The lowest BCUT2D eigenvalue weighted by atomic mass is 9.93. The molecule has 2 heterocycles. The van der Waals surface area contributed by atoms with Crippen molar-refractivity contribution in [2.24, 2.45) is 5.92 Å². The predicted molar refractivity (Wildman–Crippen MR) is 101 cm³/mol. The third kappa shape index (κ3) is 3.21. The molecule has 0 radical (unpaired) electrons. The molecule has 1 fully saturated rings. The van der Waals surface area contributed by atoms with Crippen LogP contribution in [0.25, 0.3) is 0 Å². The summed E-state index contributed by atoms with van der Waals surface area (Å²) in [4.78, 5) is 18.6. The maximum absolute atomic E-state index is 10.9. The second-order valence-corrected chi connectivity index (χ2v) is 6.65. The molecular weight excluding hydrogens is 346 g/mol. The lowest BCUT2D eigenvalue weighted by Crippen LogP contribution is -2.26. The Kier molecular flexibility index (Phi) is 4.45. The first-order chi connectivity index (χ1) is 13.1. The third-order valence-corrected chi connectivity index (χ3v) is 4.99. The average molecular weight is 367 g/mol. The van der Waals surface area contributed by atoms with Gasteiger partial charge in [-0.05, 0) is 36.8 Å². The van der Waals surface area contributed by atoms with Gasteiger partial charge >= 0.3 is 0 Å². The van der Waals surface area contributed by atoms with Gasteiger partial charge in [-0.1, -0.05) is 12.1 Å². The standard InChI is InChI=1S/C20H21N3O4/c1-3-26-17-10-8-15(9-11-17)22-12-18-19(13-22)27-21(2)20(18)14-4-6-16(7-5-14)23(24)25/h4-11,13,18,20H,3,12H2,1-2H3. The molecular formula is C20H21N3O4. The van der Waals surface area contributed by atoms with Gasteiger partial charge in [0.2, 0.25) is 0 Å². The summed E-state index contributed by atoms with van der Waals surface area (Å²) in [5, 5.41) is 12.7. The van der Waals surface area contributed by atoms with Crippen molar-refractivity contribution in [3.05, 3.63) is 76.2 Å². The molecule has 0 saturated carbocycles. The Morgan fingerprint density at radius 1 is 1.19 bits per heavy atom. The van der Waals surface area contributed by atoms with Gasteiger partial charge in [0.15, 0.2) is 0 Å². The Bertz CT molecular complexity index is 864. The molecule has 2 aliphatic heterocycles. The van der Waals surface area contributed by atoms with E-state index in [1.54, 1.807) is 12.1 Å². The summed E-state index contributed by atoms with van der Waals surface area (Å²) in [5.41, 5.74) is 2.18. The van der Waals surface area contributed by atoms with E-state index < -0.39 is 0 Å². The minimum Gasteiger partial charge on any atom is -0.494 e. The van der Waals surface area contributed by atoms with Gasteiger partial charge in [0.25, 0.3) is 5.69 Å². The van der Waals surface area contributed by atoms with Gasteiger partial charge in [-0.25, -0.2) is 0 Å². The Morgan fingerprint density at radius 3 is 2.52 bits per heavy atom. The van der Waals surface area contributed by atoms with E-state index in [0.717, 1.165) is 29.3 Å². The number of hydrogen-bond donors (Lipinski definition) is 0. The molecule has 1 saturated heterocycles. The molecule has 7 heteroatoms. The summed E-state index contributed by atoms with van der Waals surface area (Å²) in [5.74, 6) is 1.94. The molecule has 2 aliphatic rings. The molecule has 0 amide bonds. The van der Waals surface area contributed by atoms with E-state index in [4.69, 9.17) is 9.57 Å². The van der Waals surface area contributed by atoms with E-state index in [1.807, 2.05) is 61.6 Å². The zero-order chi connectivity index (χ0) is 19.0. The molecule has 0 spiro atoms. The summed E-state index contributed by atoms with van der Waals surface area (Å²) in [6.45, 7) is 3.40. The number of fused-ring (bicyclic) bond motifs is 1. The highest BCUT2D eigenvalue weighted by Gasteiger charge is 2.44. The van der Waals surface area contributed by atoms with Gasteiger partial charge in [-0.2, -0.15) is 0 Å². The number of anilines is 1. The number of ether oxygens (including phenoxy) is 1. The van der Waals surface area contributed by atoms with Crippen LogP contribution in [0, 0.1) is 16.0 Å². The first kappa shape index (κ1) is 17.4. The number of rotatable bonds is 5. The molecule has 27 heavy (non-hydrogen) atoms. The van der Waals surface area contributed by atoms with Crippen LogP contribution in [0.1, 0.15) is 18.5 Å². The third-order valence-electron chi connectivity index (χ3n) is 4.99. The van der Waals surface area contributed by atoms with Crippen molar-refractivity contribution in [3.8, 4) is 5.75 Å². The van der Waals surface area contributed by atoms with Crippen LogP contribution in [0.4, 0.5) is 11.4 Å². The Hall–Kier alpha value is -3.06. The monoisotopic (exact) mass is 367 g/mol. The lowest BCUT2D eigenvalue weighted by molar-refractivity contribution is -0.384. The van der Waals surface area contributed by atoms with E-state index in [2.05, 4.69) is 4.90 Å². The highest BCUT2D eigenvalue weighted by molar-refractivity contribution is 5.54. The Balaban J connectivity index is 1.54. The van der Waals surface area contributed by atoms with E-state index >= 15 is 0 Å². The Morgan fingerprint density at radius 2 is 1.89 bits per heavy atom.